The van der Waals surface area contributed by atoms with Crippen molar-refractivity contribution in [3.63, 3.8) is 0 Å². The predicted molar refractivity (Wildman–Crippen MR) is 88.0 cm³/mol. The Morgan fingerprint density at radius 1 is 1.32 bits per heavy atom. The summed E-state index contributed by atoms with van der Waals surface area (Å²) in [5.41, 5.74) is 5.94. The molecular weight excluding hydrogens is 298 g/mol. The summed E-state index contributed by atoms with van der Waals surface area (Å²) >= 11 is 1.47. The summed E-state index contributed by atoms with van der Waals surface area (Å²) in [4.78, 5) is 21.5. The van der Waals surface area contributed by atoms with E-state index in [0.717, 1.165) is 69.2 Å². The molecule has 122 valence electrons. The van der Waals surface area contributed by atoms with Crippen LogP contribution in [0.1, 0.15) is 38.4 Å². The number of carbonyl (C=O) groups is 1. The Hall–Kier alpha value is -1.21. The average Bonchev–Trinajstić information content (AvgIpc) is 3.10. The lowest BCUT2D eigenvalue weighted by atomic mass is 10.1. The van der Waals surface area contributed by atoms with Gasteiger partial charge in [-0.05, 0) is 25.7 Å². The van der Waals surface area contributed by atoms with E-state index >= 15 is 0 Å². The van der Waals surface area contributed by atoms with Gasteiger partial charge in [-0.15, -0.1) is 0 Å². The van der Waals surface area contributed by atoms with Crippen LogP contribution in [0, 0.1) is 5.92 Å². The molecule has 0 unspecified atom stereocenters. The zero-order valence-corrected chi connectivity index (χ0v) is 14.0. The van der Waals surface area contributed by atoms with Gasteiger partial charge in [-0.1, -0.05) is 6.92 Å². The Kier molecular flexibility index (Phi) is 4.93. The highest BCUT2D eigenvalue weighted by atomic mass is 32.1. The van der Waals surface area contributed by atoms with Crippen LogP contribution < -0.4 is 10.6 Å². The van der Waals surface area contributed by atoms with Crippen molar-refractivity contribution in [1.82, 2.24) is 14.3 Å². The number of hydrogen-bond donors (Lipinski definition) is 1. The largest absolute Gasteiger partial charge is 0.345 e. The summed E-state index contributed by atoms with van der Waals surface area (Å²) in [6, 6.07) is 0.214. The quantitative estimate of drug-likeness (QED) is 0.906. The maximum Gasteiger partial charge on any atom is 0.225 e. The fourth-order valence-electron chi connectivity index (χ4n) is 3.34. The Labute approximate surface area is 135 Å². The summed E-state index contributed by atoms with van der Waals surface area (Å²) in [6.07, 6.45) is 4.66. The SMILES string of the molecule is CCc1nsc(N2CCCN(C(=O)[C@H]3CC[C@@H](N)C3)CC2)n1. The first kappa shape index (κ1) is 15.7. The summed E-state index contributed by atoms with van der Waals surface area (Å²) in [5.74, 6) is 1.37. The molecule has 1 aromatic heterocycles. The topological polar surface area (TPSA) is 75.4 Å². The van der Waals surface area contributed by atoms with Gasteiger partial charge in [0, 0.05) is 56.1 Å². The number of hydrogen-bond acceptors (Lipinski definition) is 6. The Bertz CT molecular complexity index is 520. The summed E-state index contributed by atoms with van der Waals surface area (Å²) in [6.45, 7) is 5.50. The molecule has 1 aliphatic heterocycles. The second-order valence-corrected chi connectivity index (χ2v) is 7.01. The first-order valence-corrected chi connectivity index (χ1v) is 9.06. The first-order chi connectivity index (χ1) is 10.7. The van der Waals surface area contributed by atoms with Gasteiger partial charge in [0.2, 0.25) is 11.0 Å². The van der Waals surface area contributed by atoms with E-state index in [-0.39, 0.29) is 12.0 Å². The fourth-order valence-corrected chi connectivity index (χ4v) is 4.15. The highest BCUT2D eigenvalue weighted by molar-refractivity contribution is 7.09. The Balaban J connectivity index is 1.58. The van der Waals surface area contributed by atoms with Gasteiger partial charge in [0.25, 0.3) is 0 Å². The molecule has 2 atom stereocenters. The third kappa shape index (κ3) is 3.41. The number of carbonyl (C=O) groups excluding carboxylic acids is 1. The van der Waals surface area contributed by atoms with Crippen molar-refractivity contribution in [1.29, 1.82) is 0 Å². The third-order valence-electron chi connectivity index (χ3n) is 4.67. The van der Waals surface area contributed by atoms with Crippen molar-refractivity contribution in [2.45, 2.75) is 45.1 Å². The number of amides is 1. The van der Waals surface area contributed by atoms with Crippen LogP contribution in [0.15, 0.2) is 0 Å². The number of aromatic nitrogens is 2. The summed E-state index contributed by atoms with van der Waals surface area (Å²) in [5, 5.41) is 0.994. The number of nitrogens with two attached hydrogens (primary N) is 1. The van der Waals surface area contributed by atoms with Crippen LogP contribution in [-0.2, 0) is 11.2 Å². The highest BCUT2D eigenvalue weighted by Crippen LogP contribution is 2.27. The molecule has 6 nitrogen and oxygen atoms in total. The molecule has 0 spiro atoms. The van der Waals surface area contributed by atoms with Crippen molar-refractivity contribution in [3.05, 3.63) is 5.82 Å². The second-order valence-electron chi connectivity index (χ2n) is 6.28. The van der Waals surface area contributed by atoms with E-state index in [0.29, 0.717) is 5.91 Å². The molecule has 2 heterocycles. The van der Waals surface area contributed by atoms with E-state index in [1.807, 2.05) is 4.90 Å². The molecule has 0 aromatic carbocycles. The summed E-state index contributed by atoms with van der Waals surface area (Å²) < 4.78 is 4.36. The smallest absolute Gasteiger partial charge is 0.225 e. The number of nitrogens with zero attached hydrogens (tertiary/aromatic N) is 4. The molecule has 3 rings (SSSR count). The van der Waals surface area contributed by atoms with Crippen molar-refractivity contribution >= 4 is 22.6 Å². The van der Waals surface area contributed by atoms with Gasteiger partial charge in [0.1, 0.15) is 5.82 Å². The molecule has 0 bridgehead atoms. The second kappa shape index (κ2) is 6.91. The molecule has 1 aliphatic carbocycles. The van der Waals surface area contributed by atoms with E-state index in [2.05, 4.69) is 21.2 Å². The molecule has 1 saturated carbocycles. The molecule has 1 aromatic rings. The first-order valence-electron chi connectivity index (χ1n) is 8.29. The molecule has 7 heteroatoms. The minimum Gasteiger partial charge on any atom is -0.345 e. The number of aryl methyl sites for hydroxylation is 1. The average molecular weight is 323 g/mol. The summed E-state index contributed by atoms with van der Waals surface area (Å²) in [7, 11) is 0. The number of rotatable bonds is 3. The molecule has 2 fully saturated rings. The van der Waals surface area contributed by atoms with E-state index in [1.165, 1.54) is 11.5 Å². The van der Waals surface area contributed by atoms with Crippen LogP contribution in [0.3, 0.4) is 0 Å². The monoisotopic (exact) mass is 323 g/mol. The standard InChI is InChI=1S/C15H25N5OS/c1-2-13-17-15(22-18-13)20-7-3-6-19(8-9-20)14(21)11-4-5-12(16)10-11/h11-12H,2-10,16H2,1H3/t11-,12+/m0/s1. The van der Waals surface area contributed by atoms with E-state index < -0.39 is 0 Å². The van der Waals surface area contributed by atoms with Crippen molar-refractivity contribution in [2.24, 2.45) is 11.7 Å². The molecule has 2 aliphatic rings. The van der Waals surface area contributed by atoms with Gasteiger partial charge >= 0.3 is 0 Å². The third-order valence-corrected chi connectivity index (χ3v) is 5.49. The van der Waals surface area contributed by atoms with Gasteiger partial charge in [-0.3, -0.25) is 4.79 Å². The van der Waals surface area contributed by atoms with Gasteiger partial charge in [0.15, 0.2) is 0 Å². The van der Waals surface area contributed by atoms with E-state index in [9.17, 15) is 4.79 Å². The van der Waals surface area contributed by atoms with E-state index in [1.54, 1.807) is 0 Å². The molecular formula is C15H25N5OS. The van der Waals surface area contributed by atoms with Crippen molar-refractivity contribution < 1.29 is 4.79 Å². The molecule has 0 radical (unpaired) electrons. The number of anilines is 1. The van der Waals surface area contributed by atoms with Crippen LogP contribution in [-0.4, -0.2) is 52.4 Å². The van der Waals surface area contributed by atoms with Crippen LogP contribution in [0.2, 0.25) is 0 Å². The van der Waals surface area contributed by atoms with Crippen molar-refractivity contribution in [3.8, 4) is 0 Å². The van der Waals surface area contributed by atoms with Gasteiger partial charge in [-0.2, -0.15) is 4.37 Å². The lowest BCUT2D eigenvalue weighted by Gasteiger charge is -2.24. The highest BCUT2D eigenvalue weighted by Gasteiger charge is 2.32. The zero-order chi connectivity index (χ0) is 15.5. The Morgan fingerprint density at radius 3 is 2.86 bits per heavy atom. The van der Waals surface area contributed by atoms with Crippen LogP contribution in [0.25, 0.3) is 0 Å². The van der Waals surface area contributed by atoms with Gasteiger partial charge < -0.3 is 15.5 Å². The van der Waals surface area contributed by atoms with Crippen LogP contribution in [0.4, 0.5) is 5.13 Å². The predicted octanol–water partition coefficient (Wildman–Crippen LogP) is 1.27. The minimum absolute atomic E-state index is 0.148. The van der Waals surface area contributed by atoms with Crippen LogP contribution in [0.5, 0.6) is 0 Å². The van der Waals surface area contributed by atoms with E-state index in [4.69, 9.17) is 5.73 Å². The van der Waals surface area contributed by atoms with Gasteiger partial charge in [0.05, 0.1) is 0 Å². The Morgan fingerprint density at radius 2 is 2.18 bits per heavy atom. The molecule has 22 heavy (non-hydrogen) atoms. The molecule has 2 N–H and O–H groups in total. The maximum atomic E-state index is 12.6. The zero-order valence-electron chi connectivity index (χ0n) is 13.2. The van der Waals surface area contributed by atoms with Crippen LogP contribution >= 0.6 is 11.5 Å². The van der Waals surface area contributed by atoms with Gasteiger partial charge in [-0.25, -0.2) is 4.98 Å². The molecule has 1 amide bonds. The minimum atomic E-state index is 0.148. The normalized spacial score (nSPS) is 26.3. The van der Waals surface area contributed by atoms with Crippen molar-refractivity contribution in [2.75, 3.05) is 31.1 Å². The molecule has 1 saturated heterocycles. The lowest BCUT2D eigenvalue weighted by molar-refractivity contribution is -0.135. The lowest BCUT2D eigenvalue weighted by Crippen LogP contribution is -2.38. The maximum absolute atomic E-state index is 12.6. The fraction of sp³-hybridized carbons (Fsp3) is 0.800.